The average molecular weight is 255 g/mol. The van der Waals surface area contributed by atoms with Gasteiger partial charge in [-0.3, -0.25) is 0 Å². The van der Waals surface area contributed by atoms with Crippen molar-refractivity contribution >= 4 is 19.4 Å². The van der Waals surface area contributed by atoms with Gasteiger partial charge in [-0.1, -0.05) is 0 Å². The second-order valence-corrected chi connectivity index (χ2v) is 4.61. The zero-order valence-electron chi connectivity index (χ0n) is 6.76. The summed E-state index contributed by atoms with van der Waals surface area (Å²) in [5, 5.41) is -4.08. The van der Waals surface area contributed by atoms with E-state index in [2.05, 4.69) is 0 Å². The van der Waals surface area contributed by atoms with Crippen molar-refractivity contribution in [2.24, 2.45) is 0 Å². The quantitative estimate of drug-likeness (QED) is 0.728. The Hall–Kier alpha value is -0.671. The Morgan fingerprint density at radius 1 is 1.15 bits per heavy atom. The van der Waals surface area contributed by atoms with Crippen molar-refractivity contribution in [1.82, 2.24) is 0 Å². The molecule has 13 heavy (non-hydrogen) atoms. The molecule has 0 aromatic heterocycles. The molecule has 0 saturated carbocycles. The van der Waals surface area contributed by atoms with Crippen LogP contribution in [0.15, 0.2) is 24.3 Å². The van der Waals surface area contributed by atoms with E-state index in [4.69, 9.17) is 4.74 Å². The van der Waals surface area contributed by atoms with Crippen LogP contribution in [0, 0.1) is 0 Å². The summed E-state index contributed by atoms with van der Waals surface area (Å²) in [6.07, 6.45) is 0. The fourth-order valence-corrected chi connectivity index (χ4v) is 1.91. The van der Waals surface area contributed by atoms with Gasteiger partial charge in [0.1, 0.15) is 0 Å². The second-order valence-electron chi connectivity index (χ2n) is 2.22. The van der Waals surface area contributed by atoms with E-state index in [-0.39, 0.29) is 0 Å². The Balaban J connectivity index is 2.70. The summed E-state index contributed by atoms with van der Waals surface area (Å²) in [4.78, 5) is 0. The molecule has 0 radical (unpaired) electrons. The Morgan fingerprint density at radius 3 is 2.08 bits per heavy atom. The number of hydrogen-bond acceptors (Lipinski definition) is 1. The van der Waals surface area contributed by atoms with Gasteiger partial charge >= 0.3 is 79.5 Å². The van der Waals surface area contributed by atoms with E-state index in [0.29, 0.717) is 10.2 Å². The van der Waals surface area contributed by atoms with Crippen molar-refractivity contribution in [2.45, 2.75) is 5.07 Å². The molecule has 0 heterocycles. The van der Waals surface area contributed by atoms with Crippen molar-refractivity contribution in [3.63, 3.8) is 0 Å². The SMILES string of the molecule is COc1ccc([Se]C(F)(F)F)cc1. The third-order valence-corrected chi connectivity index (χ3v) is 2.84. The molecule has 0 aliphatic carbocycles. The van der Waals surface area contributed by atoms with Crippen LogP contribution in [0.25, 0.3) is 0 Å². The first-order valence-corrected chi connectivity index (χ1v) is 5.12. The van der Waals surface area contributed by atoms with Crippen molar-refractivity contribution in [1.29, 1.82) is 0 Å². The number of methoxy groups -OCH3 is 1. The van der Waals surface area contributed by atoms with E-state index >= 15 is 0 Å². The molecule has 5 heteroatoms. The number of rotatable bonds is 2. The van der Waals surface area contributed by atoms with Crippen LogP contribution < -0.4 is 9.20 Å². The van der Waals surface area contributed by atoms with E-state index in [1.165, 1.54) is 31.4 Å². The van der Waals surface area contributed by atoms with Gasteiger partial charge < -0.3 is 0 Å². The summed E-state index contributed by atoms with van der Waals surface area (Å²) in [6.45, 7) is 0. The Morgan fingerprint density at radius 2 is 1.69 bits per heavy atom. The van der Waals surface area contributed by atoms with Gasteiger partial charge in [-0.2, -0.15) is 0 Å². The normalized spacial score (nSPS) is 11.4. The number of halogens is 3. The molecule has 72 valence electrons. The van der Waals surface area contributed by atoms with Crippen LogP contribution in [0.5, 0.6) is 5.75 Å². The van der Waals surface area contributed by atoms with E-state index in [0.717, 1.165) is 0 Å². The Labute approximate surface area is 80.1 Å². The summed E-state index contributed by atoms with van der Waals surface area (Å²) in [5.74, 6) is 0.571. The minimum atomic E-state index is -4.08. The zero-order chi connectivity index (χ0) is 9.90. The van der Waals surface area contributed by atoms with Gasteiger partial charge in [0.25, 0.3) is 0 Å². The third kappa shape index (κ3) is 3.70. The molecule has 0 unspecified atom stereocenters. The van der Waals surface area contributed by atoms with Gasteiger partial charge in [-0.15, -0.1) is 0 Å². The molecule has 0 aliphatic rings. The summed E-state index contributed by atoms with van der Waals surface area (Å²) in [6, 6.07) is 5.93. The van der Waals surface area contributed by atoms with Crippen molar-refractivity contribution in [3.8, 4) is 5.75 Å². The Bertz CT molecular complexity index is 268. The number of benzene rings is 1. The topological polar surface area (TPSA) is 9.23 Å². The van der Waals surface area contributed by atoms with Gasteiger partial charge in [0.15, 0.2) is 0 Å². The fraction of sp³-hybridized carbons (Fsp3) is 0.250. The summed E-state index contributed by atoms with van der Waals surface area (Å²) >= 11 is -1.46. The first-order chi connectivity index (χ1) is 6.01. The van der Waals surface area contributed by atoms with Crippen molar-refractivity contribution in [2.75, 3.05) is 7.11 Å². The molecule has 0 saturated heterocycles. The first-order valence-electron chi connectivity index (χ1n) is 3.41. The van der Waals surface area contributed by atoms with Crippen LogP contribution in [-0.2, 0) is 0 Å². The van der Waals surface area contributed by atoms with E-state index in [1.807, 2.05) is 0 Å². The molecule has 0 spiro atoms. The van der Waals surface area contributed by atoms with Crippen LogP contribution in [0.3, 0.4) is 0 Å². The molecule has 0 bridgehead atoms. The molecule has 0 N–H and O–H groups in total. The number of hydrogen-bond donors (Lipinski definition) is 0. The van der Waals surface area contributed by atoms with Gasteiger partial charge in [0, 0.05) is 0 Å². The number of ether oxygens (including phenoxy) is 1. The van der Waals surface area contributed by atoms with Gasteiger partial charge in [-0.25, -0.2) is 0 Å². The van der Waals surface area contributed by atoms with Crippen LogP contribution in [0.1, 0.15) is 0 Å². The van der Waals surface area contributed by atoms with Crippen LogP contribution in [0.4, 0.5) is 13.2 Å². The van der Waals surface area contributed by atoms with Crippen LogP contribution >= 0.6 is 0 Å². The summed E-state index contributed by atoms with van der Waals surface area (Å²) < 4.78 is 40.9. The third-order valence-electron chi connectivity index (χ3n) is 1.29. The van der Waals surface area contributed by atoms with E-state index in [9.17, 15) is 13.2 Å². The van der Waals surface area contributed by atoms with Crippen LogP contribution in [-0.4, -0.2) is 27.1 Å². The maximum atomic E-state index is 11.9. The average Bonchev–Trinajstić information content (AvgIpc) is 2.03. The van der Waals surface area contributed by atoms with Gasteiger partial charge in [0.05, 0.1) is 0 Å². The van der Waals surface area contributed by atoms with Gasteiger partial charge in [0.2, 0.25) is 0 Å². The van der Waals surface area contributed by atoms with Gasteiger partial charge in [-0.05, 0) is 0 Å². The molecular weight excluding hydrogens is 248 g/mol. The second kappa shape index (κ2) is 4.03. The fourth-order valence-electron chi connectivity index (χ4n) is 0.777. The predicted octanol–water partition coefficient (Wildman–Crippen LogP) is 1.54. The molecule has 1 aromatic rings. The van der Waals surface area contributed by atoms with Crippen molar-refractivity contribution in [3.05, 3.63) is 24.3 Å². The molecule has 0 aliphatic heterocycles. The monoisotopic (exact) mass is 256 g/mol. The maximum absolute atomic E-state index is 11.9. The molecule has 0 atom stereocenters. The van der Waals surface area contributed by atoms with Crippen molar-refractivity contribution < 1.29 is 17.9 Å². The summed E-state index contributed by atoms with van der Waals surface area (Å²) in [7, 11) is 1.48. The number of alkyl halides is 3. The Kier molecular flexibility index (Phi) is 3.22. The molecular formula is C8H7F3OSe. The zero-order valence-corrected chi connectivity index (χ0v) is 8.47. The molecule has 1 nitrogen and oxygen atoms in total. The molecule has 0 amide bonds. The van der Waals surface area contributed by atoms with E-state index in [1.54, 1.807) is 0 Å². The standard InChI is InChI=1S/C8H7F3OSe/c1-12-6-2-4-7(5-3-6)13-8(9,10)11/h2-5H,1H3. The molecule has 0 fully saturated rings. The summed E-state index contributed by atoms with van der Waals surface area (Å²) in [5.41, 5.74) is 0. The predicted molar refractivity (Wildman–Crippen MR) is 44.4 cm³/mol. The molecule has 1 rings (SSSR count). The van der Waals surface area contributed by atoms with Crippen LogP contribution in [0.2, 0.25) is 0 Å². The minimum absolute atomic E-state index is 0.306. The molecule has 1 aromatic carbocycles. The van der Waals surface area contributed by atoms with E-state index < -0.39 is 20.0 Å². The first kappa shape index (κ1) is 10.4.